The molecule has 2 rings (SSSR count). The number of hydrogen-bond donors (Lipinski definition) is 1. The van der Waals surface area contributed by atoms with Gasteiger partial charge in [0.2, 0.25) is 5.91 Å². The molecule has 1 N–H and O–H groups in total. The Labute approximate surface area is 118 Å². The van der Waals surface area contributed by atoms with Gasteiger partial charge < -0.3 is 5.32 Å². The topological polar surface area (TPSA) is 42.0 Å². The fourth-order valence-corrected chi connectivity index (χ4v) is 1.97. The molecule has 1 heterocycles. The Morgan fingerprint density at radius 2 is 2.06 bits per heavy atom. The standard InChI is InChI=1S/C13H10BrClN2O/c14-10-7-11(13(15)16-8-10)17-12(18)6-9-4-2-1-3-5-9/h1-5,7-8H,6H2,(H,17,18). The lowest BCUT2D eigenvalue weighted by molar-refractivity contribution is -0.115. The minimum atomic E-state index is -0.122. The van der Waals surface area contributed by atoms with Gasteiger partial charge in [0.05, 0.1) is 12.1 Å². The predicted octanol–water partition coefficient (Wildman–Crippen LogP) is 3.68. The maximum Gasteiger partial charge on any atom is 0.228 e. The number of nitrogens with zero attached hydrogens (tertiary/aromatic N) is 1. The van der Waals surface area contributed by atoms with Gasteiger partial charge in [-0.25, -0.2) is 4.98 Å². The summed E-state index contributed by atoms with van der Waals surface area (Å²) in [6.07, 6.45) is 1.89. The summed E-state index contributed by atoms with van der Waals surface area (Å²) >= 11 is 9.18. The number of pyridine rings is 1. The second-order valence-electron chi connectivity index (χ2n) is 3.70. The van der Waals surface area contributed by atoms with E-state index in [4.69, 9.17) is 11.6 Å². The van der Waals surface area contributed by atoms with Gasteiger partial charge in [-0.2, -0.15) is 0 Å². The average Bonchev–Trinajstić information content (AvgIpc) is 2.35. The molecule has 0 aliphatic rings. The van der Waals surface area contributed by atoms with Crippen molar-refractivity contribution in [3.05, 3.63) is 57.8 Å². The molecule has 0 aliphatic heterocycles. The molecule has 0 bridgehead atoms. The predicted molar refractivity (Wildman–Crippen MR) is 75.7 cm³/mol. The van der Waals surface area contributed by atoms with Gasteiger partial charge in [-0.05, 0) is 27.6 Å². The lowest BCUT2D eigenvalue weighted by Gasteiger charge is -2.07. The van der Waals surface area contributed by atoms with Crippen molar-refractivity contribution < 1.29 is 4.79 Å². The number of amides is 1. The second-order valence-corrected chi connectivity index (χ2v) is 4.98. The second kappa shape index (κ2) is 5.98. The van der Waals surface area contributed by atoms with E-state index in [-0.39, 0.29) is 11.1 Å². The molecular formula is C13H10BrClN2O. The first kappa shape index (κ1) is 13.1. The van der Waals surface area contributed by atoms with Crippen LogP contribution in [0.4, 0.5) is 5.69 Å². The van der Waals surface area contributed by atoms with E-state index in [9.17, 15) is 4.79 Å². The number of anilines is 1. The summed E-state index contributed by atoms with van der Waals surface area (Å²) in [5.41, 5.74) is 1.46. The molecule has 0 fully saturated rings. The average molecular weight is 326 g/mol. The highest BCUT2D eigenvalue weighted by atomic mass is 79.9. The number of carbonyl (C=O) groups is 1. The van der Waals surface area contributed by atoms with Crippen LogP contribution in [0.25, 0.3) is 0 Å². The Balaban J connectivity index is 2.05. The smallest absolute Gasteiger partial charge is 0.228 e. The Hall–Kier alpha value is -1.39. The molecule has 5 heteroatoms. The summed E-state index contributed by atoms with van der Waals surface area (Å²) < 4.78 is 0.766. The third kappa shape index (κ3) is 3.55. The highest BCUT2D eigenvalue weighted by Gasteiger charge is 2.08. The van der Waals surface area contributed by atoms with Crippen molar-refractivity contribution in [2.75, 3.05) is 5.32 Å². The monoisotopic (exact) mass is 324 g/mol. The lowest BCUT2D eigenvalue weighted by atomic mass is 10.1. The van der Waals surface area contributed by atoms with Crippen molar-refractivity contribution in [3.63, 3.8) is 0 Å². The molecule has 1 aromatic heterocycles. The molecule has 1 aromatic carbocycles. The number of nitrogens with one attached hydrogen (secondary N) is 1. The van der Waals surface area contributed by atoms with E-state index in [1.165, 1.54) is 0 Å². The zero-order valence-electron chi connectivity index (χ0n) is 9.36. The minimum Gasteiger partial charge on any atom is -0.323 e. The highest BCUT2D eigenvalue weighted by Crippen LogP contribution is 2.23. The van der Waals surface area contributed by atoms with Gasteiger partial charge in [-0.3, -0.25) is 4.79 Å². The molecule has 0 radical (unpaired) electrons. The van der Waals surface area contributed by atoms with Crippen molar-refractivity contribution in [2.45, 2.75) is 6.42 Å². The van der Waals surface area contributed by atoms with Crippen molar-refractivity contribution >= 4 is 39.1 Å². The molecule has 0 atom stereocenters. The number of halogens is 2. The summed E-state index contributed by atoms with van der Waals surface area (Å²) in [5, 5.41) is 3.01. The fourth-order valence-electron chi connectivity index (χ4n) is 1.49. The maximum atomic E-state index is 11.8. The van der Waals surface area contributed by atoms with E-state index >= 15 is 0 Å². The van der Waals surface area contributed by atoms with Crippen molar-refractivity contribution in [3.8, 4) is 0 Å². The van der Waals surface area contributed by atoms with E-state index in [1.54, 1.807) is 12.3 Å². The van der Waals surface area contributed by atoms with E-state index in [0.717, 1.165) is 10.0 Å². The van der Waals surface area contributed by atoms with Crippen LogP contribution in [-0.4, -0.2) is 10.9 Å². The highest BCUT2D eigenvalue weighted by molar-refractivity contribution is 9.10. The molecule has 0 aliphatic carbocycles. The Morgan fingerprint density at radius 1 is 1.33 bits per heavy atom. The van der Waals surface area contributed by atoms with E-state index < -0.39 is 0 Å². The quantitative estimate of drug-likeness (QED) is 0.875. The third-order valence-corrected chi connectivity index (χ3v) is 3.02. The van der Waals surface area contributed by atoms with Crippen LogP contribution in [0.5, 0.6) is 0 Å². The van der Waals surface area contributed by atoms with Crippen LogP contribution in [0.15, 0.2) is 47.1 Å². The summed E-state index contributed by atoms with van der Waals surface area (Å²) in [4.78, 5) is 15.8. The molecular weight excluding hydrogens is 316 g/mol. The van der Waals surface area contributed by atoms with E-state index in [2.05, 4.69) is 26.2 Å². The summed E-state index contributed by atoms with van der Waals surface area (Å²) in [6.45, 7) is 0. The zero-order chi connectivity index (χ0) is 13.0. The number of carbonyl (C=O) groups excluding carboxylic acids is 1. The molecule has 0 saturated heterocycles. The molecule has 3 nitrogen and oxygen atoms in total. The number of aromatic nitrogens is 1. The zero-order valence-corrected chi connectivity index (χ0v) is 11.7. The van der Waals surface area contributed by atoms with Crippen molar-refractivity contribution in [1.82, 2.24) is 4.98 Å². The van der Waals surface area contributed by atoms with Crippen molar-refractivity contribution in [2.24, 2.45) is 0 Å². The summed E-state index contributed by atoms with van der Waals surface area (Å²) in [5.74, 6) is -0.122. The van der Waals surface area contributed by atoms with Crippen LogP contribution in [0, 0.1) is 0 Å². The number of hydrogen-bond acceptors (Lipinski definition) is 2. The van der Waals surface area contributed by atoms with E-state index in [1.807, 2.05) is 30.3 Å². The number of rotatable bonds is 3. The number of benzene rings is 1. The van der Waals surface area contributed by atoms with Gasteiger partial charge in [0.1, 0.15) is 0 Å². The van der Waals surface area contributed by atoms with Gasteiger partial charge in [0, 0.05) is 10.7 Å². The molecule has 18 heavy (non-hydrogen) atoms. The Morgan fingerprint density at radius 3 is 2.78 bits per heavy atom. The molecule has 92 valence electrons. The van der Waals surface area contributed by atoms with Gasteiger partial charge >= 0.3 is 0 Å². The van der Waals surface area contributed by atoms with Crippen molar-refractivity contribution in [1.29, 1.82) is 0 Å². The van der Waals surface area contributed by atoms with Crippen LogP contribution in [0.3, 0.4) is 0 Å². The first-order valence-corrected chi connectivity index (χ1v) is 6.47. The fraction of sp³-hybridized carbons (Fsp3) is 0.0769. The van der Waals surface area contributed by atoms with Gasteiger partial charge in [-0.15, -0.1) is 0 Å². The summed E-state index contributed by atoms with van der Waals surface area (Å²) in [7, 11) is 0. The first-order valence-electron chi connectivity index (χ1n) is 5.30. The van der Waals surface area contributed by atoms with Crippen LogP contribution in [0.1, 0.15) is 5.56 Å². The maximum absolute atomic E-state index is 11.8. The molecule has 1 amide bonds. The van der Waals surface area contributed by atoms with Crippen LogP contribution >= 0.6 is 27.5 Å². The SMILES string of the molecule is O=C(Cc1ccccc1)Nc1cc(Br)cnc1Cl. The molecule has 0 spiro atoms. The molecule has 2 aromatic rings. The first-order chi connectivity index (χ1) is 8.65. The van der Waals surface area contributed by atoms with Crippen LogP contribution < -0.4 is 5.32 Å². The van der Waals surface area contributed by atoms with Gasteiger partial charge in [-0.1, -0.05) is 41.9 Å². The van der Waals surface area contributed by atoms with E-state index in [0.29, 0.717) is 12.1 Å². The molecule has 0 saturated carbocycles. The summed E-state index contributed by atoms with van der Waals surface area (Å²) in [6, 6.07) is 11.2. The van der Waals surface area contributed by atoms with Gasteiger partial charge in [0.25, 0.3) is 0 Å². The molecule has 0 unspecified atom stereocenters. The Kier molecular flexibility index (Phi) is 4.33. The van der Waals surface area contributed by atoms with Crippen LogP contribution in [-0.2, 0) is 11.2 Å². The minimum absolute atomic E-state index is 0.122. The van der Waals surface area contributed by atoms with Gasteiger partial charge in [0.15, 0.2) is 5.15 Å². The lowest BCUT2D eigenvalue weighted by Crippen LogP contribution is -2.14. The third-order valence-electron chi connectivity index (χ3n) is 2.29. The largest absolute Gasteiger partial charge is 0.323 e. The van der Waals surface area contributed by atoms with Crippen LogP contribution in [0.2, 0.25) is 5.15 Å². The Bertz CT molecular complexity index is 560. The normalized spacial score (nSPS) is 10.1.